The third-order valence-corrected chi connectivity index (χ3v) is 4.72. The Balaban J connectivity index is 1.79. The van der Waals surface area contributed by atoms with Crippen LogP contribution in [0.5, 0.6) is 0 Å². The lowest BCUT2D eigenvalue weighted by molar-refractivity contribution is -0.00834. The number of nitrogens with one attached hydrogen (secondary N) is 2. The van der Waals surface area contributed by atoms with Crippen molar-refractivity contribution in [2.24, 2.45) is 4.99 Å². The van der Waals surface area contributed by atoms with Crippen LogP contribution >= 0.6 is 0 Å². The summed E-state index contributed by atoms with van der Waals surface area (Å²) in [5.41, 5.74) is 1.42. The molecule has 1 unspecified atom stereocenters. The molecule has 5 nitrogen and oxygen atoms in total. The third-order valence-electron chi connectivity index (χ3n) is 4.72. The van der Waals surface area contributed by atoms with Gasteiger partial charge >= 0.3 is 0 Å². The molecule has 1 aliphatic rings. The van der Waals surface area contributed by atoms with Gasteiger partial charge in [-0.25, -0.2) is 0 Å². The van der Waals surface area contributed by atoms with Crippen LogP contribution in [0.2, 0.25) is 0 Å². The average Bonchev–Trinajstić information content (AvgIpc) is 2.63. The molecule has 0 amide bonds. The van der Waals surface area contributed by atoms with Gasteiger partial charge < -0.3 is 15.4 Å². The van der Waals surface area contributed by atoms with E-state index in [1.165, 1.54) is 5.56 Å². The summed E-state index contributed by atoms with van der Waals surface area (Å²) in [5.74, 6) is 1.30. The lowest BCUT2D eigenvalue weighted by Crippen LogP contribution is -2.56. The monoisotopic (exact) mass is 332 g/mol. The van der Waals surface area contributed by atoms with E-state index in [9.17, 15) is 0 Å². The quantitative estimate of drug-likeness (QED) is 0.618. The molecule has 1 saturated heterocycles. The minimum Gasteiger partial charge on any atom is -0.379 e. The van der Waals surface area contributed by atoms with Gasteiger partial charge in [-0.05, 0) is 25.3 Å². The minimum absolute atomic E-state index is 0.0758. The standard InChI is InChI=1S/C19H32N4O/c1-16(17-8-6-5-7-9-17)14-21-18(20-4)22-15-19(2,3)23-10-12-24-13-11-23/h5-9,16H,10-15H2,1-4H3,(H2,20,21,22). The molecular weight excluding hydrogens is 300 g/mol. The molecule has 134 valence electrons. The van der Waals surface area contributed by atoms with E-state index in [0.717, 1.165) is 45.4 Å². The molecule has 5 heteroatoms. The van der Waals surface area contributed by atoms with Crippen molar-refractivity contribution in [3.8, 4) is 0 Å². The van der Waals surface area contributed by atoms with E-state index in [-0.39, 0.29) is 5.54 Å². The van der Waals surface area contributed by atoms with Crippen LogP contribution in [-0.4, -0.2) is 62.8 Å². The minimum atomic E-state index is 0.0758. The van der Waals surface area contributed by atoms with E-state index in [2.05, 4.69) is 71.6 Å². The van der Waals surface area contributed by atoms with Crippen LogP contribution in [-0.2, 0) is 4.74 Å². The molecule has 1 atom stereocenters. The van der Waals surface area contributed by atoms with E-state index < -0.39 is 0 Å². The maximum absolute atomic E-state index is 5.45. The number of nitrogens with zero attached hydrogens (tertiary/aromatic N) is 2. The maximum atomic E-state index is 5.45. The van der Waals surface area contributed by atoms with Crippen molar-refractivity contribution in [1.82, 2.24) is 15.5 Å². The molecule has 0 saturated carbocycles. The van der Waals surface area contributed by atoms with Gasteiger partial charge in [-0.15, -0.1) is 0 Å². The number of hydrogen-bond acceptors (Lipinski definition) is 3. The zero-order valence-electron chi connectivity index (χ0n) is 15.5. The SMILES string of the molecule is CN=C(NCC(C)c1ccccc1)NCC(C)(C)N1CCOCC1. The fraction of sp³-hybridized carbons (Fsp3) is 0.632. The Hall–Kier alpha value is -1.59. The fourth-order valence-corrected chi connectivity index (χ4v) is 2.95. The summed E-state index contributed by atoms with van der Waals surface area (Å²) in [6.07, 6.45) is 0. The van der Waals surface area contributed by atoms with E-state index in [4.69, 9.17) is 4.74 Å². The maximum Gasteiger partial charge on any atom is 0.191 e. The number of morpholine rings is 1. The normalized spacial score (nSPS) is 18.2. The zero-order valence-corrected chi connectivity index (χ0v) is 15.5. The highest BCUT2D eigenvalue weighted by molar-refractivity contribution is 5.79. The molecule has 1 heterocycles. The highest BCUT2D eigenvalue weighted by Crippen LogP contribution is 2.15. The highest BCUT2D eigenvalue weighted by Gasteiger charge is 2.28. The molecule has 0 radical (unpaired) electrons. The summed E-state index contributed by atoms with van der Waals surface area (Å²) in [5, 5.41) is 6.91. The Labute approximate surface area is 146 Å². The number of hydrogen-bond donors (Lipinski definition) is 2. The van der Waals surface area contributed by atoms with Gasteiger partial charge in [0.2, 0.25) is 0 Å². The smallest absolute Gasteiger partial charge is 0.191 e. The molecule has 1 aromatic carbocycles. The van der Waals surface area contributed by atoms with Crippen LogP contribution in [0.1, 0.15) is 32.3 Å². The number of guanidine groups is 1. The summed E-state index contributed by atoms with van der Waals surface area (Å²) in [4.78, 5) is 6.83. The van der Waals surface area contributed by atoms with E-state index in [1.54, 1.807) is 0 Å². The van der Waals surface area contributed by atoms with E-state index >= 15 is 0 Å². The van der Waals surface area contributed by atoms with Gasteiger partial charge in [0.25, 0.3) is 0 Å². The lowest BCUT2D eigenvalue weighted by atomic mass is 10.0. The third kappa shape index (κ3) is 5.49. The topological polar surface area (TPSA) is 48.9 Å². The Morgan fingerprint density at radius 2 is 1.88 bits per heavy atom. The van der Waals surface area contributed by atoms with Crippen LogP contribution in [0, 0.1) is 0 Å². The Morgan fingerprint density at radius 1 is 1.21 bits per heavy atom. The number of benzene rings is 1. The second-order valence-electron chi connectivity index (χ2n) is 7.03. The molecule has 0 aliphatic carbocycles. The number of aliphatic imine (C=N–C) groups is 1. The van der Waals surface area contributed by atoms with E-state index in [1.807, 2.05) is 7.05 Å². The first-order chi connectivity index (χ1) is 11.5. The average molecular weight is 332 g/mol. The Morgan fingerprint density at radius 3 is 2.50 bits per heavy atom. The summed E-state index contributed by atoms with van der Waals surface area (Å²) in [6, 6.07) is 10.6. The van der Waals surface area contributed by atoms with Crippen LogP contribution in [0.3, 0.4) is 0 Å². The fourth-order valence-electron chi connectivity index (χ4n) is 2.95. The number of rotatable bonds is 6. The molecule has 24 heavy (non-hydrogen) atoms. The van der Waals surface area contributed by atoms with Crippen molar-refractivity contribution in [1.29, 1.82) is 0 Å². The Bertz CT molecular complexity index is 509. The van der Waals surface area contributed by atoms with Crippen LogP contribution < -0.4 is 10.6 Å². The predicted molar refractivity (Wildman–Crippen MR) is 101 cm³/mol. The van der Waals surface area contributed by atoms with Crippen LogP contribution in [0.25, 0.3) is 0 Å². The van der Waals surface area contributed by atoms with Crippen molar-refractivity contribution in [2.75, 3.05) is 46.4 Å². The van der Waals surface area contributed by atoms with Gasteiger partial charge in [-0.2, -0.15) is 0 Å². The summed E-state index contributed by atoms with van der Waals surface area (Å²) >= 11 is 0. The molecule has 1 aliphatic heterocycles. The largest absolute Gasteiger partial charge is 0.379 e. The summed E-state index contributed by atoms with van der Waals surface area (Å²) in [6.45, 7) is 12.1. The van der Waals surface area contributed by atoms with Crippen molar-refractivity contribution in [3.63, 3.8) is 0 Å². The summed E-state index contributed by atoms with van der Waals surface area (Å²) in [7, 11) is 1.82. The molecule has 2 N–H and O–H groups in total. The van der Waals surface area contributed by atoms with Crippen molar-refractivity contribution >= 4 is 5.96 Å². The highest BCUT2D eigenvalue weighted by atomic mass is 16.5. The molecule has 0 spiro atoms. The summed E-state index contributed by atoms with van der Waals surface area (Å²) < 4.78 is 5.45. The molecule has 1 fully saturated rings. The lowest BCUT2D eigenvalue weighted by Gasteiger charge is -2.41. The molecule has 1 aromatic rings. The van der Waals surface area contributed by atoms with Crippen molar-refractivity contribution in [2.45, 2.75) is 32.2 Å². The van der Waals surface area contributed by atoms with Gasteiger partial charge in [-0.3, -0.25) is 9.89 Å². The van der Waals surface area contributed by atoms with Gasteiger partial charge in [0, 0.05) is 38.8 Å². The zero-order chi connectivity index (χ0) is 17.4. The van der Waals surface area contributed by atoms with Gasteiger partial charge in [0.15, 0.2) is 5.96 Å². The van der Waals surface area contributed by atoms with Gasteiger partial charge in [0.05, 0.1) is 13.2 Å². The van der Waals surface area contributed by atoms with Crippen molar-refractivity contribution in [3.05, 3.63) is 35.9 Å². The van der Waals surface area contributed by atoms with Gasteiger partial charge in [0.1, 0.15) is 0 Å². The van der Waals surface area contributed by atoms with Gasteiger partial charge in [-0.1, -0.05) is 37.3 Å². The predicted octanol–water partition coefficient (Wildman–Crippen LogP) is 2.07. The number of ether oxygens (including phenoxy) is 1. The molecule has 0 aromatic heterocycles. The first-order valence-electron chi connectivity index (χ1n) is 8.85. The van der Waals surface area contributed by atoms with Crippen molar-refractivity contribution < 1.29 is 4.74 Å². The van der Waals surface area contributed by atoms with Crippen LogP contribution in [0.4, 0.5) is 0 Å². The Kier molecular flexibility index (Phi) is 7.06. The molecule has 0 bridgehead atoms. The first-order valence-corrected chi connectivity index (χ1v) is 8.85. The second kappa shape index (κ2) is 9.04. The van der Waals surface area contributed by atoms with E-state index in [0.29, 0.717) is 5.92 Å². The molecule has 2 rings (SSSR count). The van der Waals surface area contributed by atoms with Crippen LogP contribution in [0.15, 0.2) is 35.3 Å². The second-order valence-corrected chi connectivity index (χ2v) is 7.03. The molecular formula is C19H32N4O. The first kappa shape index (κ1) is 18.7.